The van der Waals surface area contributed by atoms with Crippen molar-refractivity contribution < 1.29 is 4.79 Å². The summed E-state index contributed by atoms with van der Waals surface area (Å²) in [6.07, 6.45) is 1.80. The van der Waals surface area contributed by atoms with Crippen LogP contribution in [0.4, 0.5) is 5.82 Å². The lowest BCUT2D eigenvalue weighted by Gasteiger charge is -2.14. The van der Waals surface area contributed by atoms with E-state index in [-0.39, 0.29) is 11.9 Å². The summed E-state index contributed by atoms with van der Waals surface area (Å²) in [6, 6.07) is 1.62. The van der Waals surface area contributed by atoms with Crippen LogP contribution in [0, 0.1) is 0 Å². The molecule has 5 nitrogen and oxygen atoms in total. The van der Waals surface area contributed by atoms with Crippen molar-refractivity contribution in [1.29, 1.82) is 0 Å². The lowest BCUT2D eigenvalue weighted by molar-refractivity contribution is -0.117. The first-order chi connectivity index (χ1) is 6.66. The summed E-state index contributed by atoms with van der Waals surface area (Å²) < 4.78 is 0.663. The normalized spacial score (nSPS) is 21.7. The van der Waals surface area contributed by atoms with Gasteiger partial charge in [-0.15, -0.1) is 0 Å². The van der Waals surface area contributed by atoms with Gasteiger partial charge in [-0.25, -0.2) is 9.97 Å². The fraction of sp³-hybridized carbons (Fsp3) is 0.375. The number of carbonyl (C=O) groups excluding carboxylic acids is 1. The molecule has 0 radical (unpaired) electrons. The highest BCUT2D eigenvalue weighted by Gasteiger charge is 2.28. The zero-order valence-corrected chi connectivity index (χ0v) is 8.94. The van der Waals surface area contributed by atoms with Gasteiger partial charge in [0.2, 0.25) is 5.91 Å². The number of rotatable bonds is 1. The highest BCUT2D eigenvalue weighted by molar-refractivity contribution is 9.10. The number of hydrogen-bond donors (Lipinski definition) is 1. The number of anilines is 1. The average molecular weight is 257 g/mol. The van der Waals surface area contributed by atoms with Crippen LogP contribution in [0.25, 0.3) is 0 Å². The lowest BCUT2D eigenvalue weighted by Crippen LogP contribution is -2.28. The molecule has 0 aliphatic carbocycles. The maximum absolute atomic E-state index is 11.5. The second-order valence-corrected chi connectivity index (χ2v) is 3.98. The Bertz CT molecular complexity index is 370. The Kier molecular flexibility index (Phi) is 2.47. The van der Waals surface area contributed by atoms with Crippen LogP contribution in [0.2, 0.25) is 0 Å². The van der Waals surface area contributed by atoms with Crippen molar-refractivity contribution in [2.75, 3.05) is 11.4 Å². The molecule has 1 aliphatic rings. The first-order valence-corrected chi connectivity index (χ1v) is 4.99. The fourth-order valence-corrected chi connectivity index (χ4v) is 1.72. The van der Waals surface area contributed by atoms with Crippen LogP contribution in [0.5, 0.6) is 0 Å². The molecule has 2 rings (SSSR count). The van der Waals surface area contributed by atoms with E-state index in [0.717, 1.165) is 0 Å². The summed E-state index contributed by atoms with van der Waals surface area (Å²) in [5.74, 6) is 0.618. The van der Waals surface area contributed by atoms with E-state index in [1.807, 2.05) is 0 Å². The van der Waals surface area contributed by atoms with Crippen LogP contribution in [0.3, 0.4) is 0 Å². The zero-order chi connectivity index (χ0) is 10.1. The van der Waals surface area contributed by atoms with Crippen LogP contribution < -0.4 is 10.6 Å². The Hall–Kier alpha value is -1.01. The molecule has 1 aliphatic heterocycles. The maximum atomic E-state index is 11.5. The molecule has 1 amide bonds. The highest BCUT2D eigenvalue weighted by atomic mass is 79.9. The Balaban J connectivity index is 2.27. The lowest BCUT2D eigenvalue weighted by atomic mass is 10.3. The summed E-state index contributed by atoms with van der Waals surface area (Å²) in [7, 11) is 0. The topological polar surface area (TPSA) is 72.1 Å². The van der Waals surface area contributed by atoms with Crippen molar-refractivity contribution in [1.82, 2.24) is 9.97 Å². The number of aromatic nitrogens is 2. The molecule has 1 atom stereocenters. The number of nitrogens with two attached hydrogens (primary N) is 1. The second kappa shape index (κ2) is 3.62. The minimum Gasteiger partial charge on any atom is -0.326 e. The molecule has 0 saturated carbocycles. The molecular weight excluding hydrogens is 248 g/mol. The van der Waals surface area contributed by atoms with Gasteiger partial charge in [0.25, 0.3) is 0 Å². The van der Waals surface area contributed by atoms with Crippen LogP contribution >= 0.6 is 15.9 Å². The molecule has 74 valence electrons. The van der Waals surface area contributed by atoms with Gasteiger partial charge in [-0.2, -0.15) is 0 Å². The average Bonchev–Trinajstić information content (AvgIpc) is 2.45. The van der Waals surface area contributed by atoms with Crippen LogP contribution in [0.1, 0.15) is 6.42 Å². The molecule has 2 heterocycles. The monoisotopic (exact) mass is 256 g/mol. The zero-order valence-electron chi connectivity index (χ0n) is 7.35. The summed E-state index contributed by atoms with van der Waals surface area (Å²) in [4.78, 5) is 21.0. The van der Waals surface area contributed by atoms with Gasteiger partial charge in [-0.05, 0) is 15.9 Å². The van der Waals surface area contributed by atoms with Crippen molar-refractivity contribution in [3.05, 3.63) is 17.0 Å². The molecule has 1 aromatic heterocycles. The van der Waals surface area contributed by atoms with E-state index < -0.39 is 0 Å². The Morgan fingerprint density at radius 2 is 2.36 bits per heavy atom. The van der Waals surface area contributed by atoms with Gasteiger partial charge in [0.1, 0.15) is 16.7 Å². The molecule has 1 unspecified atom stereocenters. The van der Waals surface area contributed by atoms with E-state index in [0.29, 0.717) is 23.4 Å². The van der Waals surface area contributed by atoms with Crippen LogP contribution in [-0.4, -0.2) is 28.5 Å². The SMILES string of the molecule is NC1CC(=O)N(c2cc(Br)ncn2)C1. The van der Waals surface area contributed by atoms with Gasteiger partial charge in [0.05, 0.1) is 0 Å². The summed E-state index contributed by atoms with van der Waals surface area (Å²) >= 11 is 3.22. The van der Waals surface area contributed by atoms with E-state index >= 15 is 0 Å². The van der Waals surface area contributed by atoms with Crippen molar-refractivity contribution in [2.45, 2.75) is 12.5 Å². The van der Waals surface area contributed by atoms with Crippen molar-refractivity contribution in [2.24, 2.45) is 5.73 Å². The molecule has 0 bridgehead atoms. The molecule has 14 heavy (non-hydrogen) atoms. The van der Waals surface area contributed by atoms with Gasteiger partial charge >= 0.3 is 0 Å². The minimum atomic E-state index is -0.0868. The first-order valence-electron chi connectivity index (χ1n) is 4.20. The third-order valence-corrected chi connectivity index (χ3v) is 2.48. The third kappa shape index (κ3) is 1.76. The van der Waals surface area contributed by atoms with Gasteiger partial charge in [-0.3, -0.25) is 9.69 Å². The molecular formula is C8H9BrN4O. The van der Waals surface area contributed by atoms with Gasteiger partial charge in [-0.1, -0.05) is 0 Å². The quantitative estimate of drug-likeness (QED) is 0.734. The standard InChI is InChI=1S/C8H9BrN4O/c9-6-2-7(12-4-11-6)13-3-5(10)1-8(13)14/h2,4-5H,1,3,10H2. The Morgan fingerprint density at radius 3 is 2.93 bits per heavy atom. The number of amides is 1. The third-order valence-electron chi connectivity index (χ3n) is 2.05. The predicted molar refractivity (Wildman–Crippen MR) is 54.7 cm³/mol. The Morgan fingerprint density at radius 1 is 1.57 bits per heavy atom. The summed E-state index contributed by atoms with van der Waals surface area (Å²) in [5.41, 5.74) is 5.67. The fourth-order valence-electron chi connectivity index (χ4n) is 1.43. The number of hydrogen-bond acceptors (Lipinski definition) is 4. The molecule has 1 saturated heterocycles. The summed E-state index contributed by atoms with van der Waals surface area (Å²) in [5, 5.41) is 0. The first kappa shape index (κ1) is 9.54. The van der Waals surface area contributed by atoms with E-state index in [1.54, 1.807) is 11.0 Å². The van der Waals surface area contributed by atoms with E-state index in [9.17, 15) is 4.79 Å². The molecule has 6 heteroatoms. The van der Waals surface area contributed by atoms with Gasteiger partial charge < -0.3 is 5.73 Å². The van der Waals surface area contributed by atoms with Crippen molar-refractivity contribution in [3.63, 3.8) is 0 Å². The van der Waals surface area contributed by atoms with E-state index in [4.69, 9.17) is 5.73 Å². The maximum Gasteiger partial charge on any atom is 0.229 e. The second-order valence-electron chi connectivity index (χ2n) is 3.17. The molecule has 2 N–H and O–H groups in total. The predicted octanol–water partition coefficient (Wildman–Crippen LogP) is 0.303. The largest absolute Gasteiger partial charge is 0.326 e. The van der Waals surface area contributed by atoms with Crippen molar-refractivity contribution >= 4 is 27.7 Å². The molecule has 1 fully saturated rings. The van der Waals surface area contributed by atoms with Crippen LogP contribution in [0.15, 0.2) is 17.0 Å². The van der Waals surface area contributed by atoms with Gasteiger partial charge in [0.15, 0.2) is 0 Å². The number of carbonyl (C=O) groups is 1. The number of nitrogens with zero attached hydrogens (tertiary/aromatic N) is 3. The summed E-state index contributed by atoms with van der Waals surface area (Å²) in [6.45, 7) is 0.530. The number of halogens is 1. The smallest absolute Gasteiger partial charge is 0.229 e. The molecule has 0 spiro atoms. The van der Waals surface area contributed by atoms with Crippen molar-refractivity contribution in [3.8, 4) is 0 Å². The Labute approximate surface area is 89.5 Å². The minimum absolute atomic E-state index is 0.0168. The van der Waals surface area contributed by atoms with E-state index in [1.165, 1.54) is 6.33 Å². The molecule has 0 aromatic carbocycles. The van der Waals surface area contributed by atoms with Crippen LogP contribution in [-0.2, 0) is 4.79 Å². The highest BCUT2D eigenvalue weighted by Crippen LogP contribution is 2.20. The van der Waals surface area contributed by atoms with E-state index in [2.05, 4.69) is 25.9 Å². The molecule has 1 aromatic rings. The van der Waals surface area contributed by atoms with Gasteiger partial charge in [0, 0.05) is 25.1 Å².